The minimum absolute atomic E-state index is 0.00913. The molecule has 3 N–H and O–H groups in total. The number of benzene rings is 2. The van der Waals surface area contributed by atoms with Crippen LogP contribution in [0, 0.1) is 5.92 Å². The third-order valence-electron chi connectivity index (χ3n) is 4.38. The molecule has 0 heterocycles. The zero-order valence-electron chi connectivity index (χ0n) is 14.6. The summed E-state index contributed by atoms with van der Waals surface area (Å²) in [4.78, 5) is 25.2. The molecule has 6 heteroatoms. The van der Waals surface area contributed by atoms with Gasteiger partial charge in [0, 0.05) is 5.56 Å². The highest BCUT2D eigenvalue weighted by molar-refractivity contribution is 6.01. The van der Waals surface area contributed by atoms with Gasteiger partial charge in [-0.05, 0) is 42.7 Å². The third kappa shape index (κ3) is 4.53. The second-order valence-electron chi connectivity index (χ2n) is 6.44. The van der Waals surface area contributed by atoms with E-state index in [1.807, 2.05) is 0 Å². The van der Waals surface area contributed by atoms with Gasteiger partial charge in [-0.25, -0.2) is 0 Å². The average Bonchev–Trinajstić information content (AvgIpc) is 3.47. The Bertz CT molecular complexity index is 802. The number of ether oxygens (including phenoxy) is 1. The molecular weight excluding hydrogens is 332 g/mol. The minimum Gasteiger partial charge on any atom is -0.506 e. The summed E-state index contributed by atoms with van der Waals surface area (Å²) in [6, 6.07) is 12.6. The molecule has 1 saturated carbocycles. The van der Waals surface area contributed by atoms with E-state index in [-0.39, 0.29) is 17.6 Å². The first-order valence-electron chi connectivity index (χ1n) is 8.60. The van der Waals surface area contributed by atoms with Gasteiger partial charge in [0.15, 0.2) is 0 Å². The van der Waals surface area contributed by atoms with E-state index in [9.17, 15) is 14.7 Å². The van der Waals surface area contributed by atoms with Crippen molar-refractivity contribution >= 4 is 17.5 Å². The fourth-order valence-electron chi connectivity index (χ4n) is 2.72. The average molecular weight is 354 g/mol. The van der Waals surface area contributed by atoms with Crippen LogP contribution in [0.5, 0.6) is 11.5 Å². The number of methoxy groups -OCH3 is 1. The summed E-state index contributed by atoms with van der Waals surface area (Å²) in [6.45, 7) is 0. The van der Waals surface area contributed by atoms with Gasteiger partial charge in [-0.15, -0.1) is 0 Å². The Labute approximate surface area is 152 Å². The summed E-state index contributed by atoms with van der Waals surface area (Å²) >= 11 is 0. The molecule has 0 bridgehead atoms. The number of carbonyl (C=O) groups is 2. The Hall–Kier alpha value is -3.02. The summed E-state index contributed by atoms with van der Waals surface area (Å²) in [5.74, 6) is 0.345. The number of nitrogens with one attached hydrogen (secondary N) is 2. The Morgan fingerprint density at radius 1 is 1.19 bits per heavy atom. The van der Waals surface area contributed by atoms with E-state index in [2.05, 4.69) is 10.6 Å². The molecule has 2 aromatic carbocycles. The number of aromatic hydroxyl groups is 1. The van der Waals surface area contributed by atoms with E-state index >= 15 is 0 Å². The van der Waals surface area contributed by atoms with Gasteiger partial charge in [-0.2, -0.15) is 0 Å². The molecule has 136 valence electrons. The van der Waals surface area contributed by atoms with Gasteiger partial charge in [0.05, 0.1) is 12.8 Å². The molecule has 1 unspecified atom stereocenters. The summed E-state index contributed by atoms with van der Waals surface area (Å²) in [5, 5.41) is 15.3. The first-order valence-corrected chi connectivity index (χ1v) is 8.60. The van der Waals surface area contributed by atoms with E-state index in [0.29, 0.717) is 29.3 Å². The van der Waals surface area contributed by atoms with Gasteiger partial charge in [-0.1, -0.05) is 31.0 Å². The molecular formula is C20H22N2O4. The lowest BCUT2D eigenvalue weighted by atomic mass is 10.1. The summed E-state index contributed by atoms with van der Waals surface area (Å²) in [5.41, 5.74) is 0.759. The fraction of sp³-hybridized carbons (Fsp3) is 0.300. The van der Waals surface area contributed by atoms with Crippen LogP contribution in [-0.4, -0.2) is 30.1 Å². The van der Waals surface area contributed by atoms with Gasteiger partial charge in [0.1, 0.15) is 17.5 Å². The molecule has 3 rings (SSSR count). The summed E-state index contributed by atoms with van der Waals surface area (Å²) < 4.78 is 5.14. The monoisotopic (exact) mass is 354 g/mol. The number of amides is 2. The van der Waals surface area contributed by atoms with E-state index in [0.717, 1.165) is 12.8 Å². The normalized spacial score (nSPS) is 14.3. The number of phenols is 1. The highest BCUT2D eigenvalue weighted by atomic mass is 16.5. The number of para-hydroxylation sites is 2. The molecule has 1 aliphatic carbocycles. The van der Waals surface area contributed by atoms with Crippen LogP contribution in [0.1, 0.15) is 29.6 Å². The van der Waals surface area contributed by atoms with E-state index in [1.165, 1.54) is 13.2 Å². The third-order valence-corrected chi connectivity index (χ3v) is 4.38. The number of anilines is 1. The second-order valence-corrected chi connectivity index (χ2v) is 6.44. The van der Waals surface area contributed by atoms with Crippen LogP contribution in [0.4, 0.5) is 5.69 Å². The van der Waals surface area contributed by atoms with Crippen LogP contribution in [0.3, 0.4) is 0 Å². The zero-order chi connectivity index (χ0) is 18.5. The van der Waals surface area contributed by atoms with Crippen molar-refractivity contribution in [3.8, 4) is 11.5 Å². The molecule has 0 aliphatic heterocycles. The van der Waals surface area contributed by atoms with Crippen molar-refractivity contribution in [2.75, 3.05) is 12.4 Å². The quantitative estimate of drug-likeness (QED) is 0.667. The lowest BCUT2D eigenvalue weighted by Gasteiger charge is -2.19. The highest BCUT2D eigenvalue weighted by Gasteiger charge is 2.31. The van der Waals surface area contributed by atoms with Crippen LogP contribution in [0.15, 0.2) is 48.5 Å². The van der Waals surface area contributed by atoms with Crippen LogP contribution in [0.2, 0.25) is 0 Å². The Kier molecular flexibility index (Phi) is 5.41. The van der Waals surface area contributed by atoms with Crippen molar-refractivity contribution in [1.82, 2.24) is 5.32 Å². The van der Waals surface area contributed by atoms with Crippen molar-refractivity contribution in [3.05, 3.63) is 54.1 Å². The molecule has 2 aromatic rings. The molecule has 6 nitrogen and oxygen atoms in total. The molecule has 2 amide bonds. The van der Waals surface area contributed by atoms with Crippen LogP contribution >= 0.6 is 0 Å². The Morgan fingerprint density at radius 2 is 1.96 bits per heavy atom. The topological polar surface area (TPSA) is 87.7 Å². The van der Waals surface area contributed by atoms with E-state index in [1.54, 1.807) is 42.5 Å². The highest BCUT2D eigenvalue weighted by Crippen LogP contribution is 2.34. The van der Waals surface area contributed by atoms with Crippen molar-refractivity contribution in [2.24, 2.45) is 5.92 Å². The number of phenolic OH excluding ortho intramolecular Hbond substituents is 1. The molecule has 0 spiro atoms. The smallest absolute Gasteiger partial charge is 0.252 e. The SMILES string of the molecule is COc1cccc(C(=O)NC(CC2CC2)C(=O)Nc2ccccc2O)c1. The van der Waals surface area contributed by atoms with Gasteiger partial charge in [-0.3, -0.25) is 9.59 Å². The fourth-order valence-corrected chi connectivity index (χ4v) is 2.72. The van der Waals surface area contributed by atoms with Crippen LogP contribution in [-0.2, 0) is 4.79 Å². The predicted molar refractivity (Wildman–Crippen MR) is 98.3 cm³/mol. The summed E-state index contributed by atoms with van der Waals surface area (Å²) in [7, 11) is 1.53. The minimum atomic E-state index is -0.666. The maximum atomic E-state index is 12.7. The lowest BCUT2D eigenvalue weighted by molar-refractivity contribution is -0.118. The van der Waals surface area contributed by atoms with Crippen molar-refractivity contribution in [1.29, 1.82) is 0 Å². The largest absolute Gasteiger partial charge is 0.506 e. The lowest BCUT2D eigenvalue weighted by Crippen LogP contribution is -2.44. The Balaban J connectivity index is 1.71. The van der Waals surface area contributed by atoms with Gasteiger partial charge in [0.2, 0.25) is 5.91 Å². The van der Waals surface area contributed by atoms with Gasteiger partial charge >= 0.3 is 0 Å². The first-order chi connectivity index (χ1) is 12.6. The molecule has 26 heavy (non-hydrogen) atoms. The number of carbonyl (C=O) groups excluding carboxylic acids is 2. The predicted octanol–water partition coefficient (Wildman–Crippen LogP) is 2.94. The maximum Gasteiger partial charge on any atom is 0.252 e. The molecule has 1 fully saturated rings. The molecule has 0 aromatic heterocycles. The van der Waals surface area contributed by atoms with Gasteiger partial charge in [0.25, 0.3) is 5.91 Å². The summed E-state index contributed by atoms with van der Waals surface area (Å²) in [6.07, 6.45) is 2.71. The van der Waals surface area contributed by atoms with E-state index < -0.39 is 6.04 Å². The number of rotatable bonds is 7. The number of hydrogen-bond donors (Lipinski definition) is 3. The molecule has 0 radical (unpaired) electrons. The maximum absolute atomic E-state index is 12.7. The Morgan fingerprint density at radius 3 is 2.65 bits per heavy atom. The molecule has 1 atom stereocenters. The van der Waals surface area contributed by atoms with Crippen molar-refractivity contribution in [2.45, 2.75) is 25.3 Å². The van der Waals surface area contributed by atoms with Crippen LogP contribution < -0.4 is 15.4 Å². The standard InChI is InChI=1S/C20H22N2O4/c1-26-15-6-4-5-14(12-15)19(24)22-17(11-13-9-10-13)20(25)21-16-7-2-3-8-18(16)23/h2-8,12-13,17,23H,9-11H2,1H3,(H,21,25)(H,22,24). The van der Waals surface area contributed by atoms with Crippen LogP contribution in [0.25, 0.3) is 0 Å². The van der Waals surface area contributed by atoms with Gasteiger partial charge < -0.3 is 20.5 Å². The zero-order valence-corrected chi connectivity index (χ0v) is 14.6. The van der Waals surface area contributed by atoms with Crippen molar-refractivity contribution < 1.29 is 19.4 Å². The second kappa shape index (κ2) is 7.91. The van der Waals surface area contributed by atoms with E-state index in [4.69, 9.17) is 4.74 Å². The number of hydrogen-bond acceptors (Lipinski definition) is 4. The first kappa shape index (κ1) is 17.8. The molecule has 1 aliphatic rings. The molecule has 0 saturated heterocycles. The van der Waals surface area contributed by atoms with Crippen molar-refractivity contribution in [3.63, 3.8) is 0 Å².